The van der Waals surface area contributed by atoms with E-state index < -0.39 is 0 Å². The Bertz CT molecular complexity index is 1000. The van der Waals surface area contributed by atoms with Gasteiger partial charge in [0.05, 0.1) is 11.6 Å². The number of hydrogen-bond donors (Lipinski definition) is 0. The molecule has 1 atom stereocenters. The Balaban J connectivity index is 0.00000205. The topological polar surface area (TPSA) is 78.8 Å². The van der Waals surface area contributed by atoms with Crippen LogP contribution in [0.4, 0.5) is 0 Å². The fourth-order valence-electron chi connectivity index (χ4n) is 4.34. The molecule has 7 heteroatoms. The van der Waals surface area contributed by atoms with Crippen molar-refractivity contribution in [3.05, 3.63) is 65.8 Å². The maximum Gasteiger partial charge on any atom is 0.230 e. The molecule has 1 unspecified atom stereocenters. The fraction of sp³-hybridized carbons (Fsp3) is 0.364. The number of likely N-dealkylation sites (tertiary alicyclic amines) is 1. The Hall–Kier alpha value is -2.75. The summed E-state index contributed by atoms with van der Waals surface area (Å²) in [4.78, 5) is 11.3. The Morgan fingerprint density at radius 2 is 1.97 bits per heavy atom. The number of benzene rings is 1. The van der Waals surface area contributed by atoms with Gasteiger partial charge >= 0.3 is 0 Å². The van der Waals surface area contributed by atoms with Gasteiger partial charge in [-0.15, -0.1) is 12.4 Å². The van der Waals surface area contributed by atoms with Crippen molar-refractivity contribution < 1.29 is 4.52 Å². The summed E-state index contributed by atoms with van der Waals surface area (Å²) in [5.41, 5.74) is 3.21. The molecule has 1 aliphatic heterocycles. The zero-order valence-corrected chi connectivity index (χ0v) is 16.8. The van der Waals surface area contributed by atoms with Crippen molar-refractivity contribution in [2.75, 3.05) is 13.1 Å². The average Bonchev–Trinajstić information content (AvgIpc) is 3.22. The van der Waals surface area contributed by atoms with Gasteiger partial charge in [0.15, 0.2) is 0 Å². The second kappa shape index (κ2) is 7.94. The van der Waals surface area contributed by atoms with E-state index in [1.807, 2.05) is 24.3 Å². The van der Waals surface area contributed by atoms with Crippen molar-refractivity contribution in [3.8, 4) is 17.5 Å². The van der Waals surface area contributed by atoms with Gasteiger partial charge in [0.2, 0.25) is 11.7 Å². The van der Waals surface area contributed by atoms with E-state index in [9.17, 15) is 0 Å². The van der Waals surface area contributed by atoms with Crippen LogP contribution in [0.3, 0.4) is 0 Å². The molecule has 1 spiro atoms. The van der Waals surface area contributed by atoms with Crippen LogP contribution in [-0.2, 0) is 6.54 Å². The molecule has 5 rings (SSSR count). The molecule has 3 aromatic rings. The number of halogens is 1. The highest BCUT2D eigenvalue weighted by atomic mass is 35.5. The molecule has 2 aromatic heterocycles. The van der Waals surface area contributed by atoms with Crippen molar-refractivity contribution in [1.29, 1.82) is 5.26 Å². The molecule has 2 aliphatic rings. The molecular weight excluding hydrogens is 386 g/mol. The summed E-state index contributed by atoms with van der Waals surface area (Å²) < 4.78 is 5.59. The van der Waals surface area contributed by atoms with E-state index in [1.165, 1.54) is 18.4 Å². The van der Waals surface area contributed by atoms with Gasteiger partial charge < -0.3 is 4.52 Å². The zero-order valence-electron chi connectivity index (χ0n) is 16.0. The molecule has 0 radical (unpaired) electrons. The molecule has 6 nitrogen and oxygen atoms in total. The van der Waals surface area contributed by atoms with Gasteiger partial charge in [0.25, 0.3) is 0 Å². The van der Waals surface area contributed by atoms with Crippen LogP contribution >= 0.6 is 12.4 Å². The number of nitriles is 1. The highest BCUT2D eigenvalue weighted by molar-refractivity contribution is 5.85. The van der Waals surface area contributed by atoms with Crippen LogP contribution in [0.2, 0.25) is 0 Å². The minimum atomic E-state index is 0. The van der Waals surface area contributed by atoms with Gasteiger partial charge in [0, 0.05) is 30.4 Å². The third-order valence-electron chi connectivity index (χ3n) is 6.19. The van der Waals surface area contributed by atoms with E-state index in [0.29, 0.717) is 22.7 Å². The number of aromatic nitrogens is 3. The SMILES string of the molecule is Cl.N#Cc1ccc(CN2CCC3(CC2)CC3c2nc(-c3cccnc3)no2)cc1. The Labute approximate surface area is 176 Å². The number of piperidine rings is 1. The summed E-state index contributed by atoms with van der Waals surface area (Å²) in [6.07, 6.45) is 6.98. The van der Waals surface area contributed by atoms with Gasteiger partial charge in [-0.3, -0.25) is 9.88 Å². The Morgan fingerprint density at radius 1 is 1.17 bits per heavy atom. The molecule has 0 amide bonds. The van der Waals surface area contributed by atoms with Crippen LogP contribution in [0.15, 0.2) is 53.3 Å². The number of rotatable bonds is 4. The number of hydrogen-bond acceptors (Lipinski definition) is 6. The summed E-state index contributed by atoms with van der Waals surface area (Å²) in [5, 5.41) is 13.1. The molecule has 0 bridgehead atoms. The lowest BCUT2D eigenvalue weighted by atomic mass is 9.90. The first kappa shape index (κ1) is 19.6. The number of pyridine rings is 1. The Kier molecular flexibility index (Phi) is 5.35. The summed E-state index contributed by atoms with van der Waals surface area (Å²) in [6.45, 7) is 3.11. The van der Waals surface area contributed by atoms with Gasteiger partial charge in [-0.25, -0.2) is 0 Å². The molecular formula is C22H22ClN5O. The van der Waals surface area contributed by atoms with E-state index in [1.54, 1.807) is 12.4 Å². The maximum atomic E-state index is 8.92. The highest BCUT2D eigenvalue weighted by Gasteiger charge is 2.58. The van der Waals surface area contributed by atoms with E-state index in [-0.39, 0.29) is 12.4 Å². The highest BCUT2D eigenvalue weighted by Crippen LogP contribution is 2.64. The molecule has 1 aromatic carbocycles. The first-order valence-corrected chi connectivity index (χ1v) is 9.71. The summed E-state index contributed by atoms with van der Waals surface area (Å²) in [5.74, 6) is 1.80. The first-order valence-electron chi connectivity index (χ1n) is 9.71. The van der Waals surface area contributed by atoms with Crippen LogP contribution in [-0.4, -0.2) is 33.1 Å². The van der Waals surface area contributed by atoms with Gasteiger partial charge in [-0.1, -0.05) is 17.3 Å². The summed E-state index contributed by atoms with van der Waals surface area (Å²) >= 11 is 0. The van der Waals surface area contributed by atoms with Crippen LogP contribution in [0.5, 0.6) is 0 Å². The summed E-state index contributed by atoms with van der Waals surface area (Å²) in [6, 6.07) is 13.9. The fourth-order valence-corrected chi connectivity index (χ4v) is 4.34. The monoisotopic (exact) mass is 407 g/mol. The lowest BCUT2D eigenvalue weighted by Crippen LogP contribution is -2.34. The summed E-state index contributed by atoms with van der Waals surface area (Å²) in [7, 11) is 0. The predicted molar refractivity (Wildman–Crippen MR) is 110 cm³/mol. The second-order valence-corrected chi connectivity index (χ2v) is 7.90. The van der Waals surface area contributed by atoms with Crippen molar-refractivity contribution >= 4 is 12.4 Å². The molecule has 1 aliphatic carbocycles. The third-order valence-corrected chi connectivity index (χ3v) is 6.19. The molecule has 1 saturated heterocycles. The molecule has 2 fully saturated rings. The van der Waals surface area contributed by atoms with E-state index in [0.717, 1.165) is 37.5 Å². The molecule has 148 valence electrons. The van der Waals surface area contributed by atoms with E-state index in [2.05, 4.69) is 38.2 Å². The molecule has 1 saturated carbocycles. The predicted octanol–water partition coefficient (Wildman–Crippen LogP) is 4.19. The van der Waals surface area contributed by atoms with Crippen LogP contribution in [0.25, 0.3) is 11.4 Å². The van der Waals surface area contributed by atoms with Crippen molar-refractivity contribution in [1.82, 2.24) is 20.0 Å². The lowest BCUT2D eigenvalue weighted by molar-refractivity contribution is 0.159. The van der Waals surface area contributed by atoms with Crippen LogP contribution in [0.1, 0.15) is 42.2 Å². The second-order valence-electron chi connectivity index (χ2n) is 7.90. The quantitative estimate of drug-likeness (QED) is 0.645. The van der Waals surface area contributed by atoms with Crippen molar-refractivity contribution in [3.63, 3.8) is 0 Å². The molecule has 0 N–H and O–H groups in total. The molecule has 29 heavy (non-hydrogen) atoms. The maximum absolute atomic E-state index is 8.92. The first-order chi connectivity index (χ1) is 13.8. The minimum Gasteiger partial charge on any atom is -0.339 e. The van der Waals surface area contributed by atoms with Gasteiger partial charge in [0.1, 0.15) is 0 Å². The van der Waals surface area contributed by atoms with Crippen LogP contribution in [0, 0.1) is 16.7 Å². The average molecular weight is 408 g/mol. The van der Waals surface area contributed by atoms with Crippen LogP contribution < -0.4 is 0 Å². The lowest BCUT2D eigenvalue weighted by Gasteiger charge is -2.32. The molecule has 3 heterocycles. The van der Waals surface area contributed by atoms with Gasteiger partial charge in [-0.05, 0) is 67.6 Å². The minimum absolute atomic E-state index is 0. The van der Waals surface area contributed by atoms with E-state index >= 15 is 0 Å². The Morgan fingerprint density at radius 3 is 2.66 bits per heavy atom. The van der Waals surface area contributed by atoms with Crippen molar-refractivity contribution in [2.24, 2.45) is 5.41 Å². The number of nitrogens with zero attached hydrogens (tertiary/aromatic N) is 5. The van der Waals surface area contributed by atoms with Gasteiger partial charge in [-0.2, -0.15) is 10.2 Å². The normalized spacial score (nSPS) is 20.0. The smallest absolute Gasteiger partial charge is 0.230 e. The van der Waals surface area contributed by atoms with Crippen molar-refractivity contribution in [2.45, 2.75) is 31.7 Å². The standard InChI is InChI=1S/C22H21N5O.ClH/c23-13-16-3-5-17(6-4-16)15-27-10-7-22(8-11-27)12-19(22)21-25-20(26-28-21)18-2-1-9-24-14-18;/h1-6,9,14,19H,7-8,10-12,15H2;1H. The van der Waals surface area contributed by atoms with E-state index in [4.69, 9.17) is 9.78 Å². The zero-order chi connectivity index (χ0) is 19.0. The largest absolute Gasteiger partial charge is 0.339 e. The third kappa shape index (κ3) is 3.89.